The van der Waals surface area contributed by atoms with E-state index in [0.29, 0.717) is 53.1 Å². The highest BCUT2D eigenvalue weighted by Crippen LogP contribution is 2.81. The predicted molar refractivity (Wildman–Crippen MR) is 85.5 cm³/mol. The largest absolute Gasteiger partial charge is 0.462 e. The molecule has 7 aliphatic rings. The van der Waals surface area contributed by atoms with Crippen LogP contribution in [-0.4, -0.2) is 17.9 Å². The van der Waals surface area contributed by atoms with Gasteiger partial charge in [-0.05, 0) is 73.0 Å². The molecule has 0 amide bonds. The fourth-order valence-corrected chi connectivity index (χ4v) is 10.4. The molecule has 0 bridgehead atoms. The Bertz CT molecular complexity index is 660. The predicted octanol–water partition coefficient (Wildman–Crippen LogP) is 2.93. The minimum Gasteiger partial charge on any atom is -0.462 e. The van der Waals surface area contributed by atoms with E-state index in [1.807, 2.05) is 0 Å². The zero-order chi connectivity index (χ0) is 15.9. The summed E-state index contributed by atoms with van der Waals surface area (Å²) in [5.41, 5.74) is 0. The van der Waals surface area contributed by atoms with Crippen molar-refractivity contribution < 1.29 is 14.3 Å². The first-order valence-corrected chi connectivity index (χ1v) is 10.4. The van der Waals surface area contributed by atoms with Gasteiger partial charge in [0.05, 0.1) is 0 Å². The Morgan fingerprint density at radius 2 is 1.54 bits per heavy atom. The highest BCUT2D eigenvalue weighted by molar-refractivity contribution is 5.88. The van der Waals surface area contributed by atoms with E-state index < -0.39 is 0 Å². The Morgan fingerprint density at radius 3 is 2.33 bits per heavy atom. The maximum Gasteiger partial charge on any atom is 0.302 e. The number of hydrogen-bond donors (Lipinski definition) is 0. The van der Waals surface area contributed by atoms with Crippen LogP contribution in [0.15, 0.2) is 0 Å². The lowest BCUT2D eigenvalue weighted by molar-refractivity contribution is -0.153. The van der Waals surface area contributed by atoms with Crippen molar-refractivity contribution in [3.8, 4) is 0 Å². The third-order valence-electron chi connectivity index (χ3n) is 10.1. The third-order valence-corrected chi connectivity index (χ3v) is 10.1. The molecule has 128 valence electrons. The van der Waals surface area contributed by atoms with Gasteiger partial charge in [0.1, 0.15) is 11.9 Å². The summed E-state index contributed by atoms with van der Waals surface area (Å²) in [5.74, 6) is 8.28. The standard InChI is InChI=1S/C21H26O3/c1-7(22)24-21-14-9-4-2-3-8(9)13-17(14)18-15(21)10-5-6-11-12(10)16(18)19(13)20(11)23/h8-19,21H,2-6H2,1H3/t8-,9+,10+,11+,12-,13-,14+,15-,16+,17-,18-,19-,21+/m0/s1. The fraction of sp³-hybridized carbons (Fsp3) is 0.905. The van der Waals surface area contributed by atoms with Crippen LogP contribution in [0.1, 0.15) is 39.0 Å². The number of rotatable bonds is 1. The van der Waals surface area contributed by atoms with Crippen LogP contribution in [0, 0.1) is 71.0 Å². The summed E-state index contributed by atoms with van der Waals surface area (Å²) >= 11 is 0. The smallest absolute Gasteiger partial charge is 0.302 e. The van der Waals surface area contributed by atoms with E-state index in [1.54, 1.807) is 6.92 Å². The molecule has 7 saturated carbocycles. The first-order chi connectivity index (χ1) is 11.7. The number of esters is 1. The molecule has 3 heteroatoms. The highest BCUT2D eigenvalue weighted by atomic mass is 16.5. The van der Waals surface area contributed by atoms with E-state index in [4.69, 9.17) is 4.74 Å². The molecule has 0 heterocycles. The Labute approximate surface area is 142 Å². The van der Waals surface area contributed by atoms with E-state index >= 15 is 0 Å². The van der Waals surface area contributed by atoms with Crippen molar-refractivity contribution in [3.05, 3.63) is 0 Å². The topological polar surface area (TPSA) is 43.4 Å². The van der Waals surface area contributed by atoms with Gasteiger partial charge in [0.25, 0.3) is 0 Å². The SMILES string of the molecule is CC(=O)O[C@H]1[C@H]2[C@@H]3CC[C@H]4C(=O)[C@@H]5[C@@H]([C@H]2[C@H]2[C@@H]5[C@H]5CCC[C@H]5[C@@H]12)[C@@H]34. The van der Waals surface area contributed by atoms with Crippen LogP contribution < -0.4 is 0 Å². The van der Waals surface area contributed by atoms with Gasteiger partial charge < -0.3 is 4.74 Å². The molecule has 0 radical (unpaired) electrons. The number of ether oxygens (including phenoxy) is 1. The number of ketones is 1. The quantitative estimate of drug-likeness (QED) is 0.696. The van der Waals surface area contributed by atoms with Crippen LogP contribution in [0.3, 0.4) is 0 Å². The Kier molecular flexibility index (Phi) is 2.19. The van der Waals surface area contributed by atoms with Crippen molar-refractivity contribution in [2.45, 2.75) is 45.1 Å². The number of carbonyl (C=O) groups is 2. The lowest BCUT2D eigenvalue weighted by Gasteiger charge is -2.31. The first-order valence-electron chi connectivity index (χ1n) is 10.4. The Morgan fingerprint density at radius 1 is 0.833 bits per heavy atom. The zero-order valence-electron chi connectivity index (χ0n) is 14.3. The van der Waals surface area contributed by atoms with Gasteiger partial charge in [-0.1, -0.05) is 6.42 Å². The molecular weight excluding hydrogens is 300 g/mol. The molecule has 0 aromatic heterocycles. The van der Waals surface area contributed by atoms with Crippen LogP contribution >= 0.6 is 0 Å². The molecule has 0 unspecified atom stereocenters. The summed E-state index contributed by atoms with van der Waals surface area (Å²) in [6, 6.07) is 0. The van der Waals surface area contributed by atoms with Crippen LogP contribution in [0.2, 0.25) is 0 Å². The second kappa shape index (κ2) is 3.94. The lowest BCUT2D eigenvalue weighted by Crippen LogP contribution is -2.35. The first kappa shape index (κ1) is 13.4. The molecule has 0 aromatic carbocycles. The van der Waals surface area contributed by atoms with Crippen LogP contribution in [0.4, 0.5) is 0 Å². The van der Waals surface area contributed by atoms with Gasteiger partial charge >= 0.3 is 5.97 Å². The highest BCUT2D eigenvalue weighted by Gasteiger charge is 2.81. The van der Waals surface area contributed by atoms with Crippen molar-refractivity contribution in [1.82, 2.24) is 0 Å². The van der Waals surface area contributed by atoms with E-state index in [0.717, 1.165) is 30.1 Å². The van der Waals surface area contributed by atoms with Gasteiger partial charge in [-0.15, -0.1) is 0 Å². The van der Waals surface area contributed by atoms with Crippen LogP contribution in [0.25, 0.3) is 0 Å². The van der Waals surface area contributed by atoms with Crippen molar-refractivity contribution in [1.29, 1.82) is 0 Å². The molecule has 7 fully saturated rings. The van der Waals surface area contributed by atoms with Gasteiger partial charge in [0.2, 0.25) is 0 Å². The van der Waals surface area contributed by atoms with Crippen molar-refractivity contribution in [2.24, 2.45) is 71.0 Å². The van der Waals surface area contributed by atoms with Gasteiger partial charge in [-0.3, -0.25) is 9.59 Å². The minimum atomic E-state index is -0.0720. The van der Waals surface area contributed by atoms with Crippen molar-refractivity contribution in [2.75, 3.05) is 0 Å². The van der Waals surface area contributed by atoms with E-state index in [1.165, 1.54) is 25.7 Å². The van der Waals surface area contributed by atoms with E-state index in [-0.39, 0.29) is 12.1 Å². The lowest BCUT2D eigenvalue weighted by atomic mass is 9.77. The summed E-state index contributed by atoms with van der Waals surface area (Å²) in [6.07, 6.45) is 6.54. The summed E-state index contributed by atoms with van der Waals surface area (Å²) < 4.78 is 6.08. The average Bonchev–Trinajstić information content (AvgIpc) is 3.27. The van der Waals surface area contributed by atoms with Crippen LogP contribution in [0.5, 0.6) is 0 Å². The third kappa shape index (κ3) is 1.16. The second-order valence-corrected chi connectivity index (χ2v) is 10.1. The van der Waals surface area contributed by atoms with Crippen molar-refractivity contribution >= 4 is 11.8 Å². The zero-order valence-corrected chi connectivity index (χ0v) is 14.3. The second-order valence-electron chi connectivity index (χ2n) is 10.1. The summed E-state index contributed by atoms with van der Waals surface area (Å²) in [7, 11) is 0. The monoisotopic (exact) mass is 326 g/mol. The Balaban J connectivity index is 1.43. The number of hydrogen-bond acceptors (Lipinski definition) is 3. The molecule has 13 atom stereocenters. The maximum atomic E-state index is 13.3. The average molecular weight is 326 g/mol. The van der Waals surface area contributed by atoms with Crippen molar-refractivity contribution in [3.63, 3.8) is 0 Å². The summed E-state index contributed by atoms with van der Waals surface area (Å²) in [4.78, 5) is 25.2. The molecule has 0 aromatic rings. The molecule has 0 aliphatic heterocycles. The summed E-state index contributed by atoms with van der Waals surface area (Å²) in [5, 5.41) is 0. The molecule has 0 N–H and O–H groups in total. The van der Waals surface area contributed by atoms with E-state index in [2.05, 4.69) is 0 Å². The van der Waals surface area contributed by atoms with Crippen LogP contribution in [-0.2, 0) is 14.3 Å². The molecule has 0 saturated heterocycles. The van der Waals surface area contributed by atoms with Gasteiger partial charge in [0, 0.05) is 30.6 Å². The molecule has 3 nitrogen and oxygen atoms in total. The minimum absolute atomic E-state index is 0.0720. The number of carbonyl (C=O) groups excluding carboxylic acids is 2. The Hall–Kier alpha value is -0.860. The van der Waals surface area contributed by atoms with Gasteiger partial charge in [-0.2, -0.15) is 0 Å². The van der Waals surface area contributed by atoms with Gasteiger partial charge in [0.15, 0.2) is 0 Å². The fourth-order valence-electron chi connectivity index (χ4n) is 10.4. The number of fused-ring (bicyclic) bond motifs is 5. The normalized spacial score (nSPS) is 66.4. The molecule has 0 spiro atoms. The van der Waals surface area contributed by atoms with Gasteiger partial charge in [-0.25, -0.2) is 0 Å². The molecule has 7 rings (SSSR count). The molecule has 7 aliphatic carbocycles. The summed E-state index contributed by atoms with van der Waals surface area (Å²) in [6.45, 7) is 1.60. The maximum absolute atomic E-state index is 13.3. The molecule has 24 heavy (non-hydrogen) atoms. The van der Waals surface area contributed by atoms with E-state index in [9.17, 15) is 9.59 Å². The number of Topliss-reactive ketones (excluding diaryl/α,β-unsaturated/α-hetero) is 1. The molecular formula is C21H26O3.